The molecule has 2 aromatic rings. The molecule has 0 aromatic heterocycles. The van der Waals surface area contributed by atoms with Crippen LogP contribution in [0.4, 0.5) is 0 Å². The predicted molar refractivity (Wildman–Crippen MR) is 94.9 cm³/mol. The lowest BCUT2D eigenvalue weighted by Gasteiger charge is -2.33. The number of hydrogen-bond donors (Lipinski definition) is 2. The van der Waals surface area contributed by atoms with Gasteiger partial charge in [0.1, 0.15) is 0 Å². The first-order valence-electron chi connectivity index (χ1n) is 8.20. The first kappa shape index (κ1) is 16.7. The van der Waals surface area contributed by atoms with Gasteiger partial charge in [0.05, 0.1) is 12.1 Å². The van der Waals surface area contributed by atoms with Crippen molar-refractivity contribution in [1.29, 1.82) is 0 Å². The molecule has 0 unspecified atom stereocenters. The van der Waals surface area contributed by atoms with Gasteiger partial charge in [-0.2, -0.15) is 0 Å². The second-order valence-electron chi connectivity index (χ2n) is 6.42. The zero-order chi connectivity index (χ0) is 15.9. The summed E-state index contributed by atoms with van der Waals surface area (Å²) in [5.41, 5.74) is 2.64. The molecule has 0 amide bonds. The minimum atomic E-state index is 0.242. The van der Waals surface area contributed by atoms with Crippen molar-refractivity contribution in [2.45, 2.75) is 51.9 Å². The van der Waals surface area contributed by atoms with Crippen molar-refractivity contribution in [2.75, 3.05) is 0 Å². The Balaban J connectivity index is 2.39. The van der Waals surface area contributed by atoms with Gasteiger partial charge in [-0.25, -0.2) is 0 Å². The SMILES string of the molecule is CC(C)N[C@@H](c1ccccc1)[C@@H](NC(C)C)c1ccccc1. The molecule has 0 spiro atoms. The van der Waals surface area contributed by atoms with E-state index in [-0.39, 0.29) is 12.1 Å². The van der Waals surface area contributed by atoms with Crippen molar-refractivity contribution < 1.29 is 0 Å². The smallest absolute Gasteiger partial charge is 0.0520 e. The van der Waals surface area contributed by atoms with E-state index in [9.17, 15) is 0 Å². The van der Waals surface area contributed by atoms with Gasteiger partial charge in [-0.1, -0.05) is 88.4 Å². The van der Waals surface area contributed by atoms with E-state index in [0.29, 0.717) is 12.1 Å². The molecular weight excluding hydrogens is 268 g/mol. The van der Waals surface area contributed by atoms with E-state index >= 15 is 0 Å². The Kier molecular flexibility index (Phi) is 6.17. The summed E-state index contributed by atoms with van der Waals surface area (Å²) in [4.78, 5) is 0. The fourth-order valence-corrected chi connectivity index (χ4v) is 2.81. The van der Waals surface area contributed by atoms with Crippen LogP contribution in [0, 0.1) is 0 Å². The maximum Gasteiger partial charge on any atom is 0.0520 e. The van der Waals surface area contributed by atoms with Crippen LogP contribution in [-0.4, -0.2) is 12.1 Å². The van der Waals surface area contributed by atoms with E-state index in [4.69, 9.17) is 0 Å². The molecule has 0 saturated heterocycles. The van der Waals surface area contributed by atoms with Crippen molar-refractivity contribution in [1.82, 2.24) is 10.6 Å². The molecule has 0 saturated carbocycles. The second kappa shape index (κ2) is 8.11. The van der Waals surface area contributed by atoms with Gasteiger partial charge in [-0.15, -0.1) is 0 Å². The molecule has 2 aromatic carbocycles. The highest BCUT2D eigenvalue weighted by molar-refractivity contribution is 5.28. The van der Waals surface area contributed by atoms with Crippen molar-refractivity contribution in [3.8, 4) is 0 Å². The minimum Gasteiger partial charge on any atom is -0.306 e. The average Bonchev–Trinajstić information content (AvgIpc) is 2.52. The zero-order valence-electron chi connectivity index (χ0n) is 14.1. The van der Waals surface area contributed by atoms with Gasteiger partial charge >= 0.3 is 0 Å². The Bertz CT molecular complexity index is 483. The Labute approximate surface area is 135 Å². The Morgan fingerprint density at radius 3 is 1.14 bits per heavy atom. The van der Waals surface area contributed by atoms with Crippen LogP contribution in [0.5, 0.6) is 0 Å². The molecule has 0 fully saturated rings. The minimum absolute atomic E-state index is 0.242. The van der Waals surface area contributed by atoms with Gasteiger partial charge in [0.25, 0.3) is 0 Å². The molecule has 0 aliphatic rings. The van der Waals surface area contributed by atoms with Crippen LogP contribution in [0.1, 0.15) is 50.9 Å². The van der Waals surface area contributed by atoms with Crippen LogP contribution in [0.25, 0.3) is 0 Å². The quantitative estimate of drug-likeness (QED) is 0.788. The van der Waals surface area contributed by atoms with E-state index < -0.39 is 0 Å². The van der Waals surface area contributed by atoms with Crippen molar-refractivity contribution in [3.63, 3.8) is 0 Å². The molecule has 0 aliphatic carbocycles. The first-order valence-corrected chi connectivity index (χ1v) is 8.20. The lowest BCUT2D eigenvalue weighted by atomic mass is 9.92. The summed E-state index contributed by atoms with van der Waals surface area (Å²) in [7, 11) is 0. The van der Waals surface area contributed by atoms with Crippen LogP contribution in [0.2, 0.25) is 0 Å². The highest BCUT2D eigenvalue weighted by Gasteiger charge is 2.25. The largest absolute Gasteiger partial charge is 0.306 e. The van der Waals surface area contributed by atoms with Crippen molar-refractivity contribution in [2.24, 2.45) is 0 Å². The number of nitrogens with one attached hydrogen (secondary N) is 2. The van der Waals surface area contributed by atoms with Crippen LogP contribution in [-0.2, 0) is 0 Å². The van der Waals surface area contributed by atoms with Gasteiger partial charge in [-0.05, 0) is 11.1 Å². The van der Waals surface area contributed by atoms with Crippen molar-refractivity contribution >= 4 is 0 Å². The number of benzene rings is 2. The fourth-order valence-electron chi connectivity index (χ4n) is 2.81. The summed E-state index contributed by atoms with van der Waals surface area (Å²) in [5, 5.41) is 7.48. The Morgan fingerprint density at radius 1 is 0.545 bits per heavy atom. The maximum absolute atomic E-state index is 3.74. The summed E-state index contributed by atoms with van der Waals surface area (Å²) in [5.74, 6) is 0. The molecule has 2 atom stereocenters. The van der Waals surface area contributed by atoms with Crippen LogP contribution < -0.4 is 10.6 Å². The summed E-state index contributed by atoms with van der Waals surface area (Å²) in [6.07, 6.45) is 0. The highest BCUT2D eigenvalue weighted by Crippen LogP contribution is 2.29. The Hall–Kier alpha value is -1.64. The van der Waals surface area contributed by atoms with E-state index in [1.165, 1.54) is 11.1 Å². The first-order chi connectivity index (χ1) is 10.6. The molecular formula is C20H28N2. The highest BCUT2D eigenvalue weighted by atomic mass is 15.0. The summed E-state index contributed by atoms with van der Waals surface area (Å²) in [6, 6.07) is 22.7. The summed E-state index contributed by atoms with van der Waals surface area (Å²) >= 11 is 0. The van der Waals surface area contributed by atoms with E-state index in [1.807, 2.05) is 0 Å². The predicted octanol–water partition coefficient (Wildman–Crippen LogP) is 4.47. The third-order valence-corrected chi connectivity index (χ3v) is 3.68. The average molecular weight is 296 g/mol. The third kappa shape index (κ3) is 4.69. The van der Waals surface area contributed by atoms with Gasteiger partial charge in [0.15, 0.2) is 0 Å². The van der Waals surface area contributed by atoms with E-state index in [0.717, 1.165) is 0 Å². The molecule has 2 N–H and O–H groups in total. The molecule has 0 heterocycles. The van der Waals surface area contributed by atoms with E-state index in [2.05, 4.69) is 99.0 Å². The van der Waals surface area contributed by atoms with Crippen molar-refractivity contribution in [3.05, 3.63) is 71.8 Å². The monoisotopic (exact) mass is 296 g/mol. The Morgan fingerprint density at radius 2 is 0.864 bits per heavy atom. The molecule has 0 bridgehead atoms. The molecule has 2 rings (SSSR count). The maximum atomic E-state index is 3.74. The normalized spacial score (nSPS) is 14.3. The molecule has 22 heavy (non-hydrogen) atoms. The molecule has 0 radical (unpaired) electrons. The third-order valence-electron chi connectivity index (χ3n) is 3.68. The standard InChI is InChI=1S/C20H28N2/c1-15(2)21-19(17-11-7-5-8-12-17)20(22-16(3)4)18-13-9-6-10-14-18/h5-16,19-22H,1-4H3/t19-,20-/m0/s1. The summed E-state index contributed by atoms with van der Waals surface area (Å²) < 4.78 is 0. The molecule has 118 valence electrons. The zero-order valence-corrected chi connectivity index (χ0v) is 14.1. The van der Waals surface area contributed by atoms with Crippen LogP contribution in [0.15, 0.2) is 60.7 Å². The second-order valence-corrected chi connectivity index (χ2v) is 6.42. The lowest BCUT2D eigenvalue weighted by Crippen LogP contribution is -2.40. The van der Waals surface area contributed by atoms with Gasteiger partial charge in [0, 0.05) is 12.1 Å². The summed E-state index contributed by atoms with van der Waals surface area (Å²) in [6.45, 7) is 8.81. The van der Waals surface area contributed by atoms with E-state index in [1.54, 1.807) is 0 Å². The molecule has 2 nitrogen and oxygen atoms in total. The number of hydrogen-bond acceptors (Lipinski definition) is 2. The van der Waals surface area contributed by atoms with Gasteiger partial charge in [0.2, 0.25) is 0 Å². The number of rotatable bonds is 7. The van der Waals surface area contributed by atoms with Crippen LogP contribution in [0.3, 0.4) is 0 Å². The fraction of sp³-hybridized carbons (Fsp3) is 0.400. The van der Waals surface area contributed by atoms with Crippen LogP contribution >= 0.6 is 0 Å². The molecule has 2 heteroatoms. The lowest BCUT2D eigenvalue weighted by molar-refractivity contribution is 0.341. The van der Waals surface area contributed by atoms with Gasteiger partial charge in [-0.3, -0.25) is 0 Å². The molecule has 0 aliphatic heterocycles. The topological polar surface area (TPSA) is 24.1 Å². The van der Waals surface area contributed by atoms with Gasteiger partial charge < -0.3 is 10.6 Å².